The van der Waals surface area contributed by atoms with Gasteiger partial charge in [0.25, 0.3) is 0 Å². The van der Waals surface area contributed by atoms with E-state index >= 15 is 0 Å². The van der Waals surface area contributed by atoms with Gasteiger partial charge in [0, 0.05) is 6.54 Å². The Morgan fingerprint density at radius 3 is 1.31 bits per heavy atom. The average molecular weight is 450 g/mol. The van der Waals surface area contributed by atoms with E-state index in [0.29, 0.717) is 0 Å². The van der Waals surface area contributed by atoms with E-state index in [-0.39, 0.29) is 0 Å². The molecule has 0 saturated heterocycles. The van der Waals surface area contributed by atoms with Crippen LogP contribution in [0.5, 0.6) is 0 Å². The van der Waals surface area contributed by atoms with Crippen LogP contribution in [0.15, 0.2) is 0 Å². The Morgan fingerprint density at radius 2 is 0.906 bits per heavy atom. The maximum atomic E-state index is 2.42. The summed E-state index contributed by atoms with van der Waals surface area (Å²) in [5.41, 5.74) is 0. The molecular weight excluding hydrogens is 386 g/mol. The molecule has 0 aromatic carbocycles. The van der Waals surface area contributed by atoms with Gasteiger partial charge in [0.15, 0.2) is 0 Å². The van der Waals surface area contributed by atoms with Gasteiger partial charge in [-0.2, -0.15) is 0 Å². The van der Waals surface area contributed by atoms with Crippen molar-refractivity contribution in [3.8, 4) is 0 Å². The van der Waals surface area contributed by atoms with Crippen LogP contribution in [0.2, 0.25) is 0 Å². The Bertz CT molecular complexity index is 377. The lowest BCUT2D eigenvalue weighted by Gasteiger charge is -2.21. The minimum atomic E-state index is 0.940. The van der Waals surface area contributed by atoms with Crippen LogP contribution in [0.1, 0.15) is 162 Å². The van der Waals surface area contributed by atoms with Gasteiger partial charge < -0.3 is 4.90 Å². The lowest BCUT2D eigenvalue weighted by molar-refractivity contribution is 0.286. The maximum Gasteiger partial charge on any atom is 0.000356 e. The molecule has 1 nitrogen and oxygen atoms in total. The van der Waals surface area contributed by atoms with Crippen molar-refractivity contribution in [1.82, 2.24) is 4.90 Å². The van der Waals surface area contributed by atoms with Gasteiger partial charge in [0.2, 0.25) is 0 Å². The third-order valence-electron chi connectivity index (χ3n) is 8.02. The highest BCUT2D eigenvalue weighted by Crippen LogP contribution is 2.45. The maximum absolute atomic E-state index is 2.42. The summed E-state index contributed by atoms with van der Waals surface area (Å²) in [7, 11) is 4.52. The van der Waals surface area contributed by atoms with Crippen LogP contribution in [0, 0.1) is 17.8 Å². The quantitative estimate of drug-likeness (QED) is 0.125. The molecule has 0 spiro atoms. The monoisotopic (exact) mass is 449 g/mol. The van der Waals surface area contributed by atoms with E-state index in [0.717, 1.165) is 17.8 Å². The topological polar surface area (TPSA) is 3.24 Å². The van der Waals surface area contributed by atoms with Crippen LogP contribution in [-0.2, 0) is 0 Å². The molecule has 0 aromatic heterocycles. The molecule has 0 radical (unpaired) electrons. The zero-order chi connectivity index (χ0) is 23.3. The third-order valence-corrected chi connectivity index (χ3v) is 8.02. The first-order chi connectivity index (χ1) is 15.7. The van der Waals surface area contributed by atoms with Gasteiger partial charge in [-0.15, -0.1) is 0 Å². The molecule has 1 rings (SSSR count). The van der Waals surface area contributed by atoms with E-state index in [1.54, 1.807) is 19.3 Å². The molecule has 1 fully saturated rings. The van der Waals surface area contributed by atoms with Crippen LogP contribution in [0.4, 0.5) is 0 Å². The first-order valence-electron chi connectivity index (χ1n) is 15.3. The van der Waals surface area contributed by atoms with Crippen LogP contribution < -0.4 is 0 Å². The fraction of sp³-hybridized carbons (Fsp3) is 1.00. The standard InChI is InChI=1S/C31H63N/c1-5-7-9-11-13-15-19-23-29(28-32(3)4)24-20-16-14-18-22-26-31-27-30(31)25-21-17-12-10-8-6-2/h29-31H,5-28H2,1-4H3. The molecule has 1 aliphatic carbocycles. The summed E-state index contributed by atoms with van der Waals surface area (Å²) in [5, 5.41) is 0. The molecule has 1 saturated carbocycles. The van der Waals surface area contributed by atoms with Gasteiger partial charge >= 0.3 is 0 Å². The molecule has 192 valence electrons. The molecule has 0 aromatic rings. The van der Waals surface area contributed by atoms with Crippen LogP contribution in [-0.4, -0.2) is 25.5 Å². The highest BCUT2D eigenvalue weighted by molar-refractivity contribution is 4.85. The van der Waals surface area contributed by atoms with Gasteiger partial charge in [-0.3, -0.25) is 0 Å². The van der Waals surface area contributed by atoms with Crippen LogP contribution >= 0.6 is 0 Å². The predicted octanol–water partition coefficient (Wildman–Crippen LogP) is 10.4. The van der Waals surface area contributed by atoms with Gasteiger partial charge in [-0.1, -0.05) is 142 Å². The van der Waals surface area contributed by atoms with E-state index in [2.05, 4.69) is 32.8 Å². The average Bonchev–Trinajstić information content (AvgIpc) is 3.52. The van der Waals surface area contributed by atoms with E-state index in [1.807, 2.05) is 0 Å². The summed E-state index contributed by atoms with van der Waals surface area (Å²) < 4.78 is 0. The summed E-state index contributed by atoms with van der Waals surface area (Å²) in [6.45, 7) is 5.93. The van der Waals surface area contributed by atoms with Crippen molar-refractivity contribution in [2.75, 3.05) is 20.6 Å². The predicted molar refractivity (Wildman–Crippen MR) is 147 cm³/mol. The molecule has 1 heteroatoms. The van der Waals surface area contributed by atoms with Gasteiger partial charge in [0.05, 0.1) is 0 Å². The minimum absolute atomic E-state index is 0.940. The molecule has 3 unspecified atom stereocenters. The van der Waals surface area contributed by atoms with Crippen molar-refractivity contribution >= 4 is 0 Å². The highest BCUT2D eigenvalue weighted by atomic mass is 15.1. The number of rotatable bonds is 25. The molecule has 3 atom stereocenters. The normalized spacial score (nSPS) is 19.0. The van der Waals surface area contributed by atoms with Crippen molar-refractivity contribution in [3.05, 3.63) is 0 Å². The molecule has 32 heavy (non-hydrogen) atoms. The Balaban J connectivity index is 1.92. The lowest BCUT2D eigenvalue weighted by Crippen LogP contribution is -2.21. The lowest BCUT2D eigenvalue weighted by atomic mass is 9.93. The van der Waals surface area contributed by atoms with Crippen molar-refractivity contribution < 1.29 is 0 Å². The second-order valence-corrected chi connectivity index (χ2v) is 11.7. The molecular formula is C31H63N. The molecule has 0 bridgehead atoms. The summed E-state index contributed by atoms with van der Waals surface area (Å²) in [6, 6.07) is 0. The summed E-state index contributed by atoms with van der Waals surface area (Å²) in [4.78, 5) is 2.42. The fourth-order valence-electron chi connectivity index (χ4n) is 5.81. The highest BCUT2D eigenvalue weighted by Gasteiger charge is 2.34. The SMILES string of the molecule is CCCCCCCCCC(CCCCCCCC1CC1CCCCCCCC)CN(C)C. The van der Waals surface area contributed by atoms with Crippen molar-refractivity contribution in [3.63, 3.8) is 0 Å². The van der Waals surface area contributed by atoms with Crippen LogP contribution in [0.25, 0.3) is 0 Å². The van der Waals surface area contributed by atoms with E-state index in [4.69, 9.17) is 0 Å². The Morgan fingerprint density at radius 1 is 0.531 bits per heavy atom. The second-order valence-electron chi connectivity index (χ2n) is 11.7. The molecule has 0 heterocycles. The first-order valence-corrected chi connectivity index (χ1v) is 15.3. The fourth-order valence-corrected chi connectivity index (χ4v) is 5.81. The zero-order valence-electron chi connectivity index (χ0n) is 23.1. The van der Waals surface area contributed by atoms with Crippen LogP contribution in [0.3, 0.4) is 0 Å². The Kier molecular flexibility index (Phi) is 20.1. The molecule has 0 N–H and O–H groups in total. The summed E-state index contributed by atoms with van der Waals surface area (Å²) >= 11 is 0. The number of unbranched alkanes of at least 4 members (excludes halogenated alkanes) is 15. The van der Waals surface area contributed by atoms with E-state index in [1.165, 1.54) is 135 Å². The minimum Gasteiger partial charge on any atom is -0.309 e. The Hall–Kier alpha value is -0.0400. The molecule has 1 aliphatic rings. The van der Waals surface area contributed by atoms with Gasteiger partial charge in [-0.25, -0.2) is 0 Å². The largest absolute Gasteiger partial charge is 0.309 e. The van der Waals surface area contributed by atoms with Crippen molar-refractivity contribution in [1.29, 1.82) is 0 Å². The van der Waals surface area contributed by atoms with E-state index in [9.17, 15) is 0 Å². The third kappa shape index (κ3) is 18.4. The number of nitrogens with zero attached hydrogens (tertiary/aromatic N) is 1. The first kappa shape index (κ1) is 30.0. The van der Waals surface area contributed by atoms with E-state index < -0.39 is 0 Å². The van der Waals surface area contributed by atoms with Gasteiger partial charge in [-0.05, 0) is 51.1 Å². The van der Waals surface area contributed by atoms with Crippen molar-refractivity contribution in [2.45, 2.75) is 162 Å². The second kappa shape index (κ2) is 21.5. The number of hydrogen-bond donors (Lipinski definition) is 0. The molecule has 0 amide bonds. The molecule has 0 aliphatic heterocycles. The smallest absolute Gasteiger partial charge is 0.000356 e. The Labute approximate surface area is 204 Å². The van der Waals surface area contributed by atoms with Crippen molar-refractivity contribution in [2.24, 2.45) is 17.8 Å². The number of hydrogen-bond acceptors (Lipinski definition) is 1. The zero-order valence-corrected chi connectivity index (χ0v) is 23.1. The van der Waals surface area contributed by atoms with Gasteiger partial charge in [0.1, 0.15) is 0 Å². The summed E-state index contributed by atoms with van der Waals surface area (Å²) in [6.07, 6.45) is 33.9. The summed E-state index contributed by atoms with van der Waals surface area (Å²) in [5.74, 6) is 3.19.